The third-order valence-electron chi connectivity index (χ3n) is 5.27. The Kier molecular flexibility index (Phi) is 5.84. The van der Waals surface area contributed by atoms with E-state index in [1.54, 1.807) is 4.90 Å². The van der Waals surface area contributed by atoms with E-state index in [4.69, 9.17) is 5.73 Å². The van der Waals surface area contributed by atoms with Crippen LogP contribution in [0.15, 0.2) is 24.3 Å². The van der Waals surface area contributed by atoms with Gasteiger partial charge in [0.25, 0.3) is 0 Å². The molecular weight excluding hydrogens is 352 g/mol. The minimum Gasteiger partial charge on any atom is -0.369 e. The van der Waals surface area contributed by atoms with E-state index < -0.39 is 15.8 Å². The highest BCUT2D eigenvalue weighted by Gasteiger charge is 2.34. The standard InChI is InChI=1S/C18H28N4O3S/c1-15-4-2-5-16(12-15)20-8-10-21(11-9-20)26(24,25)14-18(23)22-7-3-6-17(22)13-19/h2,4-5,12,17H,3,6-11,13-14,19H2,1H3. The Morgan fingerprint density at radius 1 is 1.19 bits per heavy atom. The van der Waals surface area contributed by atoms with Crippen molar-refractivity contribution in [2.24, 2.45) is 5.73 Å². The first-order valence-electron chi connectivity index (χ1n) is 9.19. The van der Waals surface area contributed by atoms with Gasteiger partial charge in [-0.2, -0.15) is 4.31 Å². The van der Waals surface area contributed by atoms with E-state index in [1.807, 2.05) is 25.1 Å². The lowest BCUT2D eigenvalue weighted by Gasteiger charge is -2.35. The first-order valence-corrected chi connectivity index (χ1v) is 10.8. The maximum absolute atomic E-state index is 12.7. The van der Waals surface area contributed by atoms with Gasteiger partial charge in [0.2, 0.25) is 15.9 Å². The molecule has 0 saturated carbocycles. The van der Waals surface area contributed by atoms with Crippen LogP contribution in [0.4, 0.5) is 5.69 Å². The first-order chi connectivity index (χ1) is 12.4. The summed E-state index contributed by atoms with van der Waals surface area (Å²) in [6.45, 7) is 5.12. The Bertz CT molecular complexity index is 745. The van der Waals surface area contributed by atoms with E-state index in [2.05, 4.69) is 11.0 Å². The topological polar surface area (TPSA) is 87.0 Å². The van der Waals surface area contributed by atoms with Crippen LogP contribution in [0, 0.1) is 6.92 Å². The van der Waals surface area contributed by atoms with E-state index in [0.29, 0.717) is 39.3 Å². The minimum absolute atomic E-state index is 0.0177. The van der Waals surface area contributed by atoms with Crippen LogP contribution >= 0.6 is 0 Å². The highest BCUT2D eigenvalue weighted by atomic mass is 32.2. The number of amides is 1. The number of aryl methyl sites for hydroxylation is 1. The third-order valence-corrected chi connectivity index (χ3v) is 7.04. The number of rotatable bonds is 5. The van der Waals surface area contributed by atoms with E-state index in [1.165, 1.54) is 9.87 Å². The van der Waals surface area contributed by atoms with Crippen LogP contribution in [0.3, 0.4) is 0 Å². The molecule has 0 aliphatic carbocycles. The Morgan fingerprint density at radius 2 is 1.92 bits per heavy atom. The predicted octanol–water partition coefficient (Wildman–Crippen LogP) is 0.397. The second-order valence-electron chi connectivity index (χ2n) is 7.10. The van der Waals surface area contributed by atoms with Gasteiger partial charge in [-0.1, -0.05) is 12.1 Å². The molecule has 2 heterocycles. The average Bonchev–Trinajstić information content (AvgIpc) is 3.10. The monoisotopic (exact) mass is 380 g/mol. The predicted molar refractivity (Wildman–Crippen MR) is 103 cm³/mol. The SMILES string of the molecule is Cc1cccc(N2CCN(S(=O)(=O)CC(=O)N3CCCC3CN)CC2)c1. The summed E-state index contributed by atoms with van der Waals surface area (Å²) < 4.78 is 26.8. The number of carbonyl (C=O) groups is 1. The van der Waals surface area contributed by atoms with Gasteiger partial charge in [0, 0.05) is 51.0 Å². The number of hydrogen-bond donors (Lipinski definition) is 1. The molecule has 2 fully saturated rings. The summed E-state index contributed by atoms with van der Waals surface area (Å²) >= 11 is 0. The number of hydrogen-bond acceptors (Lipinski definition) is 5. The van der Waals surface area contributed by atoms with Gasteiger partial charge in [-0.15, -0.1) is 0 Å². The molecule has 144 valence electrons. The van der Waals surface area contributed by atoms with Crippen molar-refractivity contribution in [2.75, 3.05) is 49.9 Å². The summed E-state index contributed by atoms with van der Waals surface area (Å²) in [4.78, 5) is 16.3. The molecule has 1 atom stereocenters. The van der Waals surface area contributed by atoms with Crippen molar-refractivity contribution in [3.63, 3.8) is 0 Å². The summed E-state index contributed by atoms with van der Waals surface area (Å²) in [5.74, 6) is -0.771. The van der Waals surface area contributed by atoms with Crippen molar-refractivity contribution in [1.29, 1.82) is 0 Å². The maximum Gasteiger partial charge on any atom is 0.239 e. The molecule has 1 unspecified atom stereocenters. The molecule has 0 bridgehead atoms. The van der Waals surface area contributed by atoms with Crippen LogP contribution in [0.1, 0.15) is 18.4 Å². The van der Waals surface area contributed by atoms with Gasteiger partial charge >= 0.3 is 0 Å². The molecule has 8 heteroatoms. The Hall–Kier alpha value is -1.64. The maximum atomic E-state index is 12.7. The number of nitrogens with zero attached hydrogens (tertiary/aromatic N) is 3. The fourth-order valence-electron chi connectivity index (χ4n) is 3.79. The summed E-state index contributed by atoms with van der Waals surface area (Å²) in [7, 11) is -3.59. The highest BCUT2D eigenvalue weighted by Crippen LogP contribution is 2.20. The molecule has 2 N–H and O–H groups in total. The van der Waals surface area contributed by atoms with Crippen molar-refractivity contribution >= 4 is 21.6 Å². The molecule has 26 heavy (non-hydrogen) atoms. The van der Waals surface area contributed by atoms with Gasteiger partial charge in [0.1, 0.15) is 5.75 Å². The van der Waals surface area contributed by atoms with Gasteiger partial charge in [-0.05, 0) is 37.5 Å². The van der Waals surface area contributed by atoms with Crippen LogP contribution in [0.2, 0.25) is 0 Å². The van der Waals surface area contributed by atoms with E-state index >= 15 is 0 Å². The number of carbonyl (C=O) groups excluding carboxylic acids is 1. The zero-order valence-electron chi connectivity index (χ0n) is 15.3. The molecule has 0 radical (unpaired) electrons. The zero-order valence-corrected chi connectivity index (χ0v) is 16.1. The second kappa shape index (κ2) is 7.94. The summed E-state index contributed by atoms with van der Waals surface area (Å²) in [5, 5.41) is 0. The van der Waals surface area contributed by atoms with Gasteiger partial charge in [0.15, 0.2) is 0 Å². The van der Waals surface area contributed by atoms with E-state index in [0.717, 1.165) is 18.5 Å². The number of anilines is 1. The molecule has 0 spiro atoms. The van der Waals surface area contributed by atoms with Crippen LogP contribution in [0.5, 0.6) is 0 Å². The number of likely N-dealkylation sites (tertiary alicyclic amines) is 1. The van der Waals surface area contributed by atoms with E-state index in [-0.39, 0.29) is 11.9 Å². The van der Waals surface area contributed by atoms with E-state index in [9.17, 15) is 13.2 Å². The zero-order chi connectivity index (χ0) is 18.7. The fourth-order valence-corrected chi connectivity index (χ4v) is 5.17. The van der Waals surface area contributed by atoms with Gasteiger partial charge < -0.3 is 15.5 Å². The lowest BCUT2D eigenvalue weighted by Crippen LogP contribution is -2.51. The van der Waals surface area contributed by atoms with Crippen molar-refractivity contribution in [3.05, 3.63) is 29.8 Å². The summed E-state index contributed by atoms with van der Waals surface area (Å²) in [6.07, 6.45) is 1.75. The van der Waals surface area contributed by atoms with Crippen LogP contribution in [-0.2, 0) is 14.8 Å². The van der Waals surface area contributed by atoms with Gasteiger partial charge in [-0.3, -0.25) is 4.79 Å². The van der Waals surface area contributed by atoms with Crippen LogP contribution < -0.4 is 10.6 Å². The average molecular weight is 381 g/mol. The second-order valence-corrected chi connectivity index (χ2v) is 9.07. The Balaban J connectivity index is 1.58. The molecule has 1 amide bonds. The molecule has 7 nitrogen and oxygen atoms in total. The Labute approximate surface area is 155 Å². The smallest absolute Gasteiger partial charge is 0.239 e. The molecule has 3 rings (SSSR count). The summed E-state index contributed by atoms with van der Waals surface area (Å²) in [6, 6.07) is 8.18. The number of sulfonamides is 1. The Morgan fingerprint density at radius 3 is 2.58 bits per heavy atom. The van der Waals surface area contributed by atoms with Gasteiger partial charge in [0.05, 0.1) is 0 Å². The molecule has 2 aliphatic heterocycles. The number of nitrogens with two attached hydrogens (primary N) is 1. The van der Waals surface area contributed by atoms with Crippen LogP contribution in [0.25, 0.3) is 0 Å². The largest absolute Gasteiger partial charge is 0.369 e. The molecule has 1 aromatic carbocycles. The molecular formula is C18H28N4O3S. The minimum atomic E-state index is -3.59. The highest BCUT2D eigenvalue weighted by molar-refractivity contribution is 7.89. The fraction of sp³-hybridized carbons (Fsp3) is 0.611. The van der Waals surface area contributed by atoms with Crippen molar-refractivity contribution in [3.8, 4) is 0 Å². The number of piperazine rings is 1. The molecule has 2 aliphatic rings. The molecule has 0 aromatic heterocycles. The van der Waals surface area contributed by atoms with Crippen molar-refractivity contribution in [1.82, 2.24) is 9.21 Å². The summed E-state index contributed by atoms with van der Waals surface area (Å²) in [5.41, 5.74) is 7.99. The lowest BCUT2D eigenvalue weighted by atomic mass is 10.2. The first kappa shape index (κ1) is 19.1. The normalized spacial score (nSPS) is 22.0. The third kappa shape index (κ3) is 4.19. The number of benzene rings is 1. The molecule has 2 saturated heterocycles. The van der Waals surface area contributed by atoms with Gasteiger partial charge in [-0.25, -0.2) is 8.42 Å². The quantitative estimate of drug-likeness (QED) is 0.799. The lowest BCUT2D eigenvalue weighted by molar-refractivity contribution is -0.129. The molecule has 1 aromatic rings. The van der Waals surface area contributed by atoms with Crippen molar-refractivity contribution in [2.45, 2.75) is 25.8 Å². The van der Waals surface area contributed by atoms with Crippen molar-refractivity contribution < 1.29 is 13.2 Å². The van der Waals surface area contributed by atoms with Crippen LogP contribution in [-0.4, -0.2) is 74.6 Å².